The fourth-order valence-corrected chi connectivity index (χ4v) is 4.12. The van der Waals surface area contributed by atoms with Gasteiger partial charge in [-0.05, 0) is 60.0 Å². The minimum atomic E-state index is -0.874. The van der Waals surface area contributed by atoms with Crippen LogP contribution in [0.4, 0.5) is 10.5 Å². The Morgan fingerprint density at radius 2 is 1.66 bits per heavy atom. The van der Waals surface area contributed by atoms with Crippen LogP contribution in [-0.4, -0.2) is 24.5 Å². The third kappa shape index (κ3) is 5.35. The Balaban J connectivity index is 1.68. The highest BCUT2D eigenvalue weighted by Gasteiger charge is 2.37. The van der Waals surface area contributed by atoms with E-state index in [9.17, 15) is 14.4 Å². The summed E-state index contributed by atoms with van der Waals surface area (Å²) >= 11 is 18.3. The maximum absolute atomic E-state index is 13.2. The first-order valence-corrected chi connectivity index (χ1v) is 11.8. The topological polar surface area (TPSA) is 75.7 Å². The number of halogens is 3. The van der Waals surface area contributed by atoms with Crippen molar-refractivity contribution in [1.82, 2.24) is 5.32 Å². The van der Waals surface area contributed by atoms with E-state index in [1.165, 1.54) is 24.3 Å². The average Bonchev–Trinajstić information content (AvgIpc) is 2.82. The summed E-state index contributed by atoms with van der Waals surface area (Å²) in [5, 5.41) is 3.28. The van der Waals surface area contributed by atoms with Crippen molar-refractivity contribution in [2.75, 3.05) is 11.5 Å². The highest BCUT2D eigenvalue weighted by Crippen LogP contribution is 2.31. The molecule has 3 aromatic rings. The number of hydrogen-bond donors (Lipinski definition) is 1. The van der Waals surface area contributed by atoms with Gasteiger partial charge in [0.2, 0.25) is 0 Å². The van der Waals surface area contributed by atoms with Gasteiger partial charge in [0.05, 0.1) is 22.3 Å². The zero-order chi connectivity index (χ0) is 25.1. The summed E-state index contributed by atoms with van der Waals surface area (Å²) in [5.41, 5.74) is 2.37. The minimum Gasteiger partial charge on any atom is -0.494 e. The van der Waals surface area contributed by atoms with Crippen LogP contribution in [0.3, 0.4) is 0 Å². The quantitative estimate of drug-likeness (QED) is 0.300. The van der Waals surface area contributed by atoms with Crippen LogP contribution in [0.5, 0.6) is 5.75 Å². The van der Waals surface area contributed by atoms with Crippen LogP contribution < -0.4 is 15.0 Å². The normalized spacial score (nSPS) is 14.9. The Morgan fingerprint density at radius 3 is 2.37 bits per heavy atom. The Hall–Kier alpha value is -3.32. The summed E-state index contributed by atoms with van der Waals surface area (Å²) in [7, 11) is 0. The molecule has 1 heterocycles. The molecule has 9 heteroatoms. The molecule has 4 rings (SSSR count). The summed E-state index contributed by atoms with van der Waals surface area (Å²) in [4.78, 5) is 39.0. The fourth-order valence-electron chi connectivity index (χ4n) is 3.63. The number of nitrogens with one attached hydrogen (secondary N) is 1. The van der Waals surface area contributed by atoms with Gasteiger partial charge in [0.1, 0.15) is 11.3 Å². The van der Waals surface area contributed by atoms with E-state index in [1.807, 2.05) is 37.3 Å². The first-order chi connectivity index (χ1) is 16.8. The number of ether oxygens (including phenoxy) is 1. The van der Waals surface area contributed by atoms with Gasteiger partial charge in [-0.3, -0.25) is 14.9 Å². The van der Waals surface area contributed by atoms with Crippen molar-refractivity contribution in [2.45, 2.75) is 13.3 Å². The summed E-state index contributed by atoms with van der Waals surface area (Å²) in [6, 6.07) is 16.3. The first kappa shape index (κ1) is 24.8. The van der Waals surface area contributed by atoms with Crippen LogP contribution in [0.25, 0.3) is 6.08 Å². The second-order valence-electron chi connectivity index (χ2n) is 7.62. The number of rotatable bonds is 6. The van der Waals surface area contributed by atoms with E-state index in [0.29, 0.717) is 29.4 Å². The third-order valence-corrected chi connectivity index (χ3v) is 6.41. The molecule has 6 nitrogen and oxygen atoms in total. The van der Waals surface area contributed by atoms with Gasteiger partial charge < -0.3 is 4.74 Å². The summed E-state index contributed by atoms with van der Waals surface area (Å²) in [6.07, 6.45) is 1.96. The van der Waals surface area contributed by atoms with Crippen LogP contribution in [0.2, 0.25) is 15.1 Å². The number of imide groups is 2. The van der Waals surface area contributed by atoms with Gasteiger partial charge in [-0.25, -0.2) is 9.69 Å². The molecule has 0 bridgehead atoms. The molecule has 0 saturated carbocycles. The number of carbonyl (C=O) groups excluding carboxylic acids is 3. The Labute approximate surface area is 217 Å². The third-order valence-electron chi connectivity index (χ3n) is 5.30. The Morgan fingerprint density at radius 1 is 0.886 bits per heavy atom. The van der Waals surface area contributed by atoms with E-state index >= 15 is 0 Å². The number of benzene rings is 3. The number of anilines is 1. The maximum atomic E-state index is 13.2. The highest BCUT2D eigenvalue weighted by molar-refractivity contribution is 6.43. The van der Waals surface area contributed by atoms with Crippen LogP contribution in [0.1, 0.15) is 23.6 Å². The van der Waals surface area contributed by atoms with Crippen molar-refractivity contribution in [3.63, 3.8) is 0 Å². The summed E-state index contributed by atoms with van der Waals surface area (Å²) in [5.74, 6) is -0.979. The molecule has 1 fully saturated rings. The lowest BCUT2D eigenvalue weighted by atomic mass is 10.0. The molecule has 35 heavy (non-hydrogen) atoms. The van der Waals surface area contributed by atoms with Crippen LogP contribution >= 0.6 is 34.8 Å². The molecule has 1 aliphatic rings. The van der Waals surface area contributed by atoms with E-state index in [1.54, 1.807) is 12.1 Å². The second-order valence-corrected chi connectivity index (χ2v) is 8.85. The molecule has 178 valence electrons. The number of hydrogen-bond acceptors (Lipinski definition) is 4. The van der Waals surface area contributed by atoms with E-state index in [4.69, 9.17) is 39.5 Å². The molecule has 0 atom stereocenters. The van der Waals surface area contributed by atoms with Crippen molar-refractivity contribution in [3.05, 3.63) is 98.0 Å². The summed E-state index contributed by atoms with van der Waals surface area (Å²) in [6.45, 7) is 2.29. The predicted molar refractivity (Wildman–Crippen MR) is 137 cm³/mol. The van der Waals surface area contributed by atoms with Gasteiger partial charge in [0, 0.05) is 11.4 Å². The Bertz CT molecular complexity index is 1370. The predicted octanol–water partition coefficient (Wildman–Crippen LogP) is 6.30. The molecule has 0 aromatic heterocycles. The zero-order valence-electron chi connectivity index (χ0n) is 18.5. The molecule has 1 saturated heterocycles. The number of carbonyl (C=O) groups is 3. The van der Waals surface area contributed by atoms with Gasteiger partial charge in [0.15, 0.2) is 0 Å². The smallest absolute Gasteiger partial charge is 0.335 e. The van der Waals surface area contributed by atoms with Crippen molar-refractivity contribution in [2.24, 2.45) is 0 Å². The lowest BCUT2D eigenvalue weighted by Gasteiger charge is -2.26. The number of amides is 4. The number of barbiturate groups is 1. The molecular weight excluding hydrogens is 511 g/mol. The standard InChI is InChI=1S/C26H19Cl3N2O4/c1-2-35-23-12-15(7-8-17(23)13-16-5-3-4-6-20(16)27)11-19-24(32)30-26(34)31(25(19)33)18-9-10-21(28)22(29)14-18/h3-12,14H,2,13H2,1H3,(H,30,32,34)/b19-11+. The van der Waals surface area contributed by atoms with Crippen LogP contribution in [-0.2, 0) is 16.0 Å². The molecule has 1 N–H and O–H groups in total. The van der Waals surface area contributed by atoms with E-state index < -0.39 is 17.8 Å². The summed E-state index contributed by atoms with van der Waals surface area (Å²) < 4.78 is 5.81. The van der Waals surface area contributed by atoms with Gasteiger partial charge >= 0.3 is 6.03 Å². The van der Waals surface area contributed by atoms with Crippen molar-refractivity contribution < 1.29 is 19.1 Å². The lowest BCUT2D eigenvalue weighted by Crippen LogP contribution is -2.54. The van der Waals surface area contributed by atoms with Crippen molar-refractivity contribution in [1.29, 1.82) is 0 Å². The van der Waals surface area contributed by atoms with E-state index in [0.717, 1.165) is 16.0 Å². The molecule has 0 aliphatic carbocycles. The van der Waals surface area contributed by atoms with Gasteiger partial charge in [-0.2, -0.15) is 0 Å². The van der Waals surface area contributed by atoms with E-state index in [-0.39, 0.29) is 21.3 Å². The lowest BCUT2D eigenvalue weighted by molar-refractivity contribution is -0.122. The minimum absolute atomic E-state index is 0.169. The molecule has 0 radical (unpaired) electrons. The van der Waals surface area contributed by atoms with Gasteiger partial charge in [-0.15, -0.1) is 0 Å². The van der Waals surface area contributed by atoms with E-state index in [2.05, 4.69) is 5.32 Å². The van der Waals surface area contributed by atoms with Gasteiger partial charge in [0.25, 0.3) is 11.8 Å². The molecular formula is C26H19Cl3N2O4. The fraction of sp³-hybridized carbons (Fsp3) is 0.115. The molecule has 1 aliphatic heterocycles. The Kier molecular flexibility index (Phi) is 7.45. The average molecular weight is 530 g/mol. The molecule has 4 amide bonds. The van der Waals surface area contributed by atoms with Crippen LogP contribution in [0.15, 0.2) is 66.2 Å². The van der Waals surface area contributed by atoms with Gasteiger partial charge in [-0.1, -0.05) is 65.1 Å². The number of urea groups is 1. The molecule has 0 spiro atoms. The molecule has 3 aromatic carbocycles. The SMILES string of the molecule is CCOc1cc(/C=C2\C(=O)NC(=O)N(c3ccc(Cl)c(Cl)c3)C2=O)ccc1Cc1ccccc1Cl. The zero-order valence-corrected chi connectivity index (χ0v) is 20.7. The van der Waals surface area contributed by atoms with Crippen molar-refractivity contribution in [3.8, 4) is 5.75 Å². The first-order valence-electron chi connectivity index (χ1n) is 10.6. The monoisotopic (exact) mass is 528 g/mol. The van der Waals surface area contributed by atoms with Crippen molar-refractivity contribution >= 4 is 64.4 Å². The number of nitrogens with zero attached hydrogens (tertiary/aromatic N) is 1. The van der Waals surface area contributed by atoms with Crippen LogP contribution in [0, 0.1) is 0 Å². The molecule has 0 unspecified atom stereocenters. The largest absolute Gasteiger partial charge is 0.494 e. The maximum Gasteiger partial charge on any atom is 0.335 e. The second kappa shape index (κ2) is 10.5. The highest BCUT2D eigenvalue weighted by atomic mass is 35.5.